The first kappa shape index (κ1) is 18.2. The Hall–Kier alpha value is -2.15. The van der Waals surface area contributed by atoms with Crippen LogP contribution in [0.15, 0.2) is 29.4 Å². The third-order valence-electron chi connectivity index (χ3n) is 3.87. The Balaban J connectivity index is 1.82. The lowest BCUT2D eigenvalue weighted by Crippen LogP contribution is -2.39. The Kier molecular flexibility index (Phi) is 6.99. The molecular formula is C17H28N6O. The molecule has 0 aromatic carbocycles. The standard InChI is InChI=1S/C17H28N6O/c1-5-24-14(13(2)3)9-10-19-17(18-4)20-12-16-22-21-15-8-6-7-11-23(15)16/h6-8,11,13-14H,5,9-10,12H2,1-4H3,(H2,18,19,20). The lowest BCUT2D eigenvalue weighted by Gasteiger charge is -2.21. The predicted molar refractivity (Wildman–Crippen MR) is 96.1 cm³/mol. The summed E-state index contributed by atoms with van der Waals surface area (Å²) in [6, 6.07) is 5.85. The number of nitrogens with zero attached hydrogens (tertiary/aromatic N) is 4. The summed E-state index contributed by atoms with van der Waals surface area (Å²) in [7, 11) is 1.76. The molecule has 1 unspecified atom stereocenters. The molecular weight excluding hydrogens is 304 g/mol. The topological polar surface area (TPSA) is 75.8 Å². The Morgan fingerprint density at radius 1 is 1.29 bits per heavy atom. The summed E-state index contributed by atoms with van der Waals surface area (Å²) < 4.78 is 7.73. The van der Waals surface area contributed by atoms with Gasteiger partial charge >= 0.3 is 0 Å². The van der Waals surface area contributed by atoms with Crippen LogP contribution in [-0.2, 0) is 11.3 Å². The molecule has 0 saturated heterocycles. The molecule has 7 nitrogen and oxygen atoms in total. The maximum Gasteiger partial charge on any atom is 0.191 e. The highest BCUT2D eigenvalue weighted by atomic mass is 16.5. The fourth-order valence-electron chi connectivity index (χ4n) is 2.55. The number of fused-ring (bicyclic) bond motifs is 1. The zero-order valence-electron chi connectivity index (χ0n) is 15.0. The van der Waals surface area contributed by atoms with Crippen molar-refractivity contribution in [2.45, 2.75) is 39.8 Å². The maximum absolute atomic E-state index is 5.76. The van der Waals surface area contributed by atoms with Gasteiger partial charge < -0.3 is 15.4 Å². The van der Waals surface area contributed by atoms with Crippen LogP contribution in [0, 0.1) is 5.92 Å². The third kappa shape index (κ3) is 4.92. The first-order chi connectivity index (χ1) is 11.7. The fraction of sp³-hybridized carbons (Fsp3) is 0.588. The summed E-state index contributed by atoms with van der Waals surface area (Å²) >= 11 is 0. The highest BCUT2D eigenvalue weighted by Crippen LogP contribution is 2.09. The first-order valence-corrected chi connectivity index (χ1v) is 8.50. The first-order valence-electron chi connectivity index (χ1n) is 8.50. The highest BCUT2D eigenvalue weighted by molar-refractivity contribution is 5.79. The average Bonchev–Trinajstić information content (AvgIpc) is 3.00. The van der Waals surface area contributed by atoms with E-state index < -0.39 is 0 Å². The van der Waals surface area contributed by atoms with Crippen LogP contribution in [0.1, 0.15) is 33.0 Å². The largest absolute Gasteiger partial charge is 0.378 e. The van der Waals surface area contributed by atoms with Crippen LogP contribution in [0.5, 0.6) is 0 Å². The van der Waals surface area contributed by atoms with E-state index in [2.05, 4.69) is 39.7 Å². The molecule has 0 aliphatic rings. The van der Waals surface area contributed by atoms with Crippen molar-refractivity contribution in [1.82, 2.24) is 25.2 Å². The normalized spacial score (nSPS) is 13.5. The second kappa shape index (κ2) is 9.22. The number of hydrogen-bond donors (Lipinski definition) is 2. The number of rotatable bonds is 8. The minimum Gasteiger partial charge on any atom is -0.378 e. The molecule has 7 heteroatoms. The molecule has 0 radical (unpaired) electrons. The minimum atomic E-state index is 0.265. The van der Waals surface area contributed by atoms with Crippen molar-refractivity contribution in [3.05, 3.63) is 30.2 Å². The third-order valence-corrected chi connectivity index (χ3v) is 3.87. The van der Waals surface area contributed by atoms with Gasteiger partial charge in [0, 0.05) is 26.4 Å². The van der Waals surface area contributed by atoms with Gasteiger partial charge in [0.15, 0.2) is 17.4 Å². The van der Waals surface area contributed by atoms with Gasteiger partial charge in [0.05, 0.1) is 12.6 Å². The summed E-state index contributed by atoms with van der Waals surface area (Å²) in [6.45, 7) is 8.52. The molecule has 2 aromatic rings. The van der Waals surface area contributed by atoms with Crippen molar-refractivity contribution in [3.63, 3.8) is 0 Å². The molecule has 0 spiro atoms. The van der Waals surface area contributed by atoms with Gasteiger partial charge in [-0.05, 0) is 31.4 Å². The number of aliphatic imine (C=N–C) groups is 1. The lowest BCUT2D eigenvalue weighted by molar-refractivity contribution is 0.0258. The molecule has 2 aromatic heterocycles. The van der Waals surface area contributed by atoms with E-state index >= 15 is 0 Å². The molecule has 0 aliphatic carbocycles. The monoisotopic (exact) mass is 332 g/mol. The molecule has 24 heavy (non-hydrogen) atoms. The van der Waals surface area contributed by atoms with Crippen molar-refractivity contribution >= 4 is 11.6 Å². The van der Waals surface area contributed by atoms with Gasteiger partial charge in [0.2, 0.25) is 0 Å². The second-order valence-corrected chi connectivity index (χ2v) is 5.92. The molecule has 2 rings (SSSR count). The molecule has 0 bridgehead atoms. The van der Waals surface area contributed by atoms with Gasteiger partial charge in [-0.25, -0.2) is 0 Å². The van der Waals surface area contributed by atoms with E-state index in [1.165, 1.54) is 0 Å². The number of hydrogen-bond acceptors (Lipinski definition) is 4. The van der Waals surface area contributed by atoms with E-state index in [0.29, 0.717) is 12.5 Å². The molecule has 2 heterocycles. The Morgan fingerprint density at radius 3 is 2.83 bits per heavy atom. The summed E-state index contributed by atoms with van der Waals surface area (Å²) in [5, 5.41) is 14.9. The molecule has 0 amide bonds. The zero-order valence-corrected chi connectivity index (χ0v) is 15.0. The quantitative estimate of drug-likeness (QED) is 0.570. The van der Waals surface area contributed by atoms with Gasteiger partial charge in [-0.15, -0.1) is 10.2 Å². The smallest absolute Gasteiger partial charge is 0.191 e. The Morgan fingerprint density at radius 2 is 2.12 bits per heavy atom. The van der Waals surface area contributed by atoms with Crippen molar-refractivity contribution in [2.75, 3.05) is 20.2 Å². The average molecular weight is 332 g/mol. The fourth-order valence-corrected chi connectivity index (χ4v) is 2.55. The summed E-state index contributed by atoms with van der Waals surface area (Å²) in [5.74, 6) is 2.11. The zero-order chi connectivity index (χ0) is 17.4. The van der Waals surface area contributed by atoms with Crippen LogP contribution in [0.2, 0.25) is 0 Å². The van der Waals surface area contributed by atoms with Crippen molar-refractivity contribution in [2.24, 2.45) is 10.9 Å². The van der Waals surface area contributed by atoms with E-state index in [1.54, 1.807) is 7.05 Å². The summed E-state index contributed by atoms with van der Waals surface area (Å²) in [5.41, 5.74) is 0.841. The van der Waals surface area contributed by atoms with Crippen molar-refractivity contribution in [3.8, 4) is 0 Å². The Bertz CT molecular complexity index is 651. The van der Waals surface area contributed by atoms with Crippen LogP contribution in [0.4, 0.5) is 0 Å². The summed E-state index contributed by atoms with van der Waals surface area (Å²) in [6.07, 6.45) is 3.17. The van der Waals surface area contributed by atoms with Gasteiger partial charge in [0.1, 0.15) is 0 Å². The van der Waals surface area contributed by atoms with E-state index in [0.717, 1.165) is 37.0 Å². The SMILES string of the molecule is CCOC(CCNC(=NC)NCc1nnc2ccccn12)C(C)C. The van der Waals surface area contributed by atoms with Gasteiger partial charge in [-0.3, -0.25) is 9.39 Å². The molecule has 0 aliphatic heterocycles. The van der Waals surface area contributed by atoms with Crippen LogP contribution < -0.4 is 10.6 Å². The maximum atomic E-state index is 5.76. The minimum absolute atomic E-state index is 0.265. The van der Waals surface area contributed by atoms with Crippen LogP contribution in [0.3, 0.4) is 0 Å². The van der Waals surface area contributed by atoms with Crippen molar-refractivity contribution < 1.29 is 4.74 Å². The van der Waals surface area contributed by atoms with Crippen molar-refractivity contribution in [1.29, 1.82) is 0 Å². The van der Waals surface area contributed by atoms with E-state index in [1.807, 2.05) is 35.7 Å². The number of pyridine rings is 1. The van der Waals surface area contributed by atoms with E-state index in [4.69, 9.17) is 4.74 Å². The van der Waals surface area contributed by atoms with Crippen LogP contribution in [0.25, 0.3) is 5.65 Å². The molecule has 0 saturated carbocycles. The van der Waals surface area contributed by atoms with Crippen LogP contribution >= 0.6 is 0 Å². The van der Waals surface area contributed by atoms with E-state index in [-0.39, 0.29) is 6.10 Å². The van der Waals surface area contributed by atoms with Crippen LogP contribution in [-0.4, -0.2) is 46.9 Å². The molecule has 2 N–H and O–H groups in total. The van der Waals surface area contributed by atoms with Gasteiger partial charge in [-0.1, -0.05) is 19.9 Å². The molecule has 0 fully saturated rings. The number of nitrogens with one attached hydrogen (secondary N) is 2. The highest BCUT2D eigenvalue weighted by Gasteiger charge is 2.13. The second-order valence-electron chi connectivity index (χ2n) is 5.92. The lowest BCUT2D eigenvalue weighted by atomic mass is 10.0. The number of aromatic nitrogens is 3. The molecule has 1 atom stereocenters. The van der Waals surface area contributed by atoms with Gasteiger partial charge in [0.25, 0.3) is 0 Å². The van der Waals surface area contributed by atoms with E-state index in [9.17, 15) is 0 Å². The van der Waals surface area contributed by atoms with Gasteiger partial charge in [-0.2, -0.15) is 0 Å². The number of ether oxygens (including phenoxy) is 1. The predicted octanol–water partition coefficient (Wildman–Crippen LogP) is 1.85. The summed E-state index contributed by atoms with van der Waals surface area (Å²) in [4.78, 5) is 4.25. The number of guanidine groups is 1. The molecule has 132 valence electrons. The Labute approximate surface area is 143 Å².